The van der Waals surface area contributed by atoms with Crippen LogP contribution in [0.2, 0.25) is 0 Å². The van der Waals surface area contributed by atoms with Crippen molar-refractivity contribution in [1.82, 2.24) is 24.7 Å². The Morgan fingerprint density at radius 3 is 2.71 bits per heavy atom. The van der Waals surface area contributed by atoms with Crippen molar-refractivity contribution in [2.75, 3.05) is 37.7 Å². The molecule has 1 aromatic carbocycles. The standard InChI is InChI=1S/C24H27FN6O4/c25-15-9-17-18(13-31(24(17)34)19-1-2-22(32)27-23(19)33)20(10-15)29-5-3-28(4-6-29)11-16-12-30-7-8-35-14-21(30)26-16/h9-10,12,19H,1-8,11,13-14H2,(H,27,32,33). The number of benzene rings is 1. The number of amides is 3. The van der Waals surface area contributed by atoms with Gasteiger partial charge in [-0.15, -0.1) is 0 Å². The van der Waals surface area contributed by atoms with E-state index in [4.69, 9.17) is 4.74 Å². The molecule has 0 bridgehead atoms. The van der Waals surface area contributed by atoms with Crippen molar-refractivity contribution in [3.05, 3.63) is 46.8 Å². The van der Waals surface area contributed by atoms with E-state index in [2.05, 4.69) is 30.9 Å². The number of rotatable bonds is 4. The third-order valence-corrected chi connectivity index (χ3v) is 7.31. The molecule has 11 heteroatoms. The first kappa shape index (κ1) is 22.2. The van der Waals surface area contributed by atoms with Crippen LogP contribution in [-0.2, 0) is 40.6 Å². The Kier molecular flexibility index (Phi) is 5.53. The number of hydrogen-bond donors (Lipinski definition) is 1. The molecule has 10 nitrogen and oxygen atoms in total. The van der Waals surface area contributed by atoms with Gasteiger partial charge in [0, 0.05) is 75.2 Å². The SMILES string of the molecule is O=C1CCC(N2Cc3c(cc(F)cc3N3CCN(Cc4cn5c(n4)COCC5)CC3)C2=O)C(=O)N1. The first-order valence-corrected chi connectivity index (χ1v) is 12.0. The lowest BCUT2D eigenvalue weighted by molar-refractivity contribution is -0.136. The predicted octanol–water partition coefficient (Wildman–Crippen LogP) is 0.636. The summed E-state index contributed by atoms with van der Waals surface area (Å²) in [4.78, 5) is 47.6. The molecule has 2 saturated heterocycles. The molecule has 2 aromatic rings. The molecule has 35 heavy (non-hydrogen) atoms. The Labute approximate surface area is 201 Å². The molecule has 0 aliphatic carbocycles. The normalized spacial score (nSPS) is 22.9. The lowest BCUT2D eigenvalue weighted by Crippen LogP contribution is -2.52. The van der Waals surface area contributed by atoms with Gasteiger partial charge < -0.3 is 19.1 Å². The number of carbonyl (C=O) groups is 3. The molecule has 0 radical (unpaired) electrons. The quantitative estimate of drug-likeness (QED) is 0.639. The molecule has 0 saturated carbocycles. The van der Waals surface area contributed by atoms with E-state index in [0.29, 0.717) is 37.6 Å². The predicted molar refractivity (Wildman–Crippen MR) is 122 cm³/mol. The number of carbonyl (C=O) groups excluding carboxylic acids is 3. The number of nitrogens with zero attached hydrogens (tertiary/aromatic N) is 5. The van der Waals surface area contributed by atoms with Crippen LogP contribution < -0.4 is 10.2 Å². The fourth-order valence-electron chi connectivity index (χ4n) is 5.49. The largest absolute Gasteiger partial charge is 0.372 e. The van der Waals surface area contributed by atoms with Gasteiger partial charge >= 0.3 is 0 Å². The summed E-state index contributed by atoms with van der Waals surface area (Å²) in [7, 11) is 0. The van der Waals surface area contributed by atoms with Crippen molar-refractivity contribution in [2.45, 2.75) is 45.1 Å². The molecule has 1 atom stereocenters. The Balaban J connectivity index is 1.15. The van der Waals surface area contributed by atoms with Crippen molar-refractivity contribution in [1.29, 1.82) is 0 Å². The van der Waals surface area contributed by atoms with Crippen LogP contribution in [0.4, 0.5) is 10.1 Å². The lowest BCUT2D eigenvalue weighted by Gasteiger charge is -2.36. The Morgan fingerprint density at radius 2 is 1.94 bits per heavy atom. The summed E-state index contributed by atoms with van der Waals surface area (Å²) in [5.74, 6) is -0.660. The molecule has 5 heterocycles. The molecule has 3 amide bonds. The number of imide groups is 1. The van der Waals surface area contributed by atoms with Crippen molar-refractivity contribution >= 4 is 23.4 Å². The molecule has 1 unspecified atom stereocenters. The second kappa shape index (κ2) is 8.72. The van der Waals surface area contributed by atoms with Gasteiger partial charge in [-0.1, -0.05) is 0 Å². The van der Waals surface area contributed by atoms with Gasteiger partial charge in [0.2, 0.25) is 11.8 Å². The van der Waals surface area contributed by atoms with E-state index in [1.165, 1.54) is 17.0 Å². The first-order chi connectivity index (χ1) is 17.0. The zero-order valence-electron chi connectivity index (χ0n) is 19.3. The number of hydrogen-bond acceptors (Lipinski definition) is 7. The molecule has 4 aliphatic heterocycles. The lowest BCUT2D eigenvalue weighted by atomic mass is 10.0. The van der Waals surface area contributed by atoms with Gasteiger partial charge in [-0.2, -0.15) is 0 Å². The highest BCUT2D eigenvalue weighted by molar-refractivity contribution is 6.06. The average molecular weight is 483 g/mol. The van der Waals surface area contributed by atoms with Crippen LogP contribution in [0, 0.1) is 5.82 Å². The van der Waals surface area contributed by atoms with E-state index in [-0.39, 0.29) is 31.2 Å². The van der Waals surface area contributed by atoms with Crippen LogP contribution >= 0.6 is 0 Å². The monoisotopic (exact) mass is 482 g/mol. The van der Waals surface area contributed by atoms with Gasteiger partial charge in [0.15, 0.2) is 0 Å². The minimum atomic E-state index is -0.716. The van der Waals surface area contributed by atoms with Crippen molar-refractivity contribution in [3.8, 4) is 0 Å². The number of ether oxygens (including phenoxy) is 1. The molecule has 184 valence electrons. The smallest absolute Gasteiger partial charge is 0.255 e. The summed E-state index contributed by atoms with van der Waals surface area (Å²) in [5.41, 5.74) is 2.78. The summed E-state index contributed by atoms with van der Waals surface area (Å²) in [5, 5.41) is 2.31. The molecule has 0 spiro atoms. The topological polar surface area (TPSA) is 100 Å². The number of nitrogens with one attached hydrogen (secondary N) is 1. The summed E-state index contributed by atoms with van der Waals surface area (Å²) < 4.78 is 22.2. The highest BCUT2D eigenvalue weighted by Gasteiger charge is 2.41. The van der Waals surface area contributed by atoms with Gasteiger partial charge in [-0.3, -0.25) is 24.6 Å². The van der Waals surface area contributed by atoms with E-state index in [1.54, 1.807) is 0 Å². The number of fused-ring (bicyclic) bond motifs is 2. The summed E-state index contributed by atoms with van der Waals surface area (Å²) in [6, 6.07) is 2.03. The van der Waals surface area contributed by atoms with Crippen LogP contribution in [0.3, 0.4) is 0 Å². The van der Waals surface area contributed by atoms with Crippen LogP contribution in [0.25, 0.3) is 0 Å². The Bertz CT molecular complexity index is 1180. The van der Waals surface area contributed by atoms with E-state index in [1.807, 2.05) is 0 Å². The fourth-order valence-corrected chi connectivity index (χ4v) is 5.49. The molecule has 4 aliphatic rings. The van der Waals surface area contributed by atoms with Gasteiger partial charge in [0.1, 0.15) is 24.3 Å². The van der Waals surface area contributed by atoms with Crippen LogP contribution in [0.1, 0.15) is 40.3 Å². The van der Waals surface area contributed by atoms with Crippen LogP contribution in [-0.4, -0.2) is 75.9 Å². The molecular formula is C24H27FN6O4. The van der Waals surface area contributed by atoms with Gasteiger partial charge in [-0.25, -0.2) is 9.37 Å². The van der Waals surface area contributed by atoms with E-state index < -0.39 is 17.8 Å². The zero-order valence-corrected chi connectivity index (χ0v) is 19.3. The van der Waals surface area contributed by atoms with Crippen molar-refractivity contribution in [3.63, 3.8) is 0 Å². The fraction of sp³-hybridized carbons (Fsp3) is 0.500. The van der Waals surface area contributed by atoms with Gasteiger partial charge in [0.25, 0.3) is 5.91 Å². The minimum Gasteiger partial charge on any atom is -0.372 e. The van der Waals surface area contributed by atoms with Crippen LogP contribution in [0.15, 0.2) is 18.3 Å². The summed E-state index contributed by atoms with van der Waals surface area (Å²) in [6.07, 6.45) is 2.57. The molecular weight excluding hydrogens is 455 g/mol. The Hall–Kier alpha value is -3.31. The maximum absolute atomic E-state index is 14.6. The number of piperazine rings is 1. The number of imidazole rings is 1. The zero-order chi connectivity index (χ0) is 24.1. The number of halogens is 1. The number of piperidine rings is 1. The van der Waals surface area contributed by atoms with E-state index in [9.17, 15) is 18.8 Å². The third kappa shape index (κ3) is 4.08. The molecule has 1 N–H and O–H groups in total. The van der Waals surface area contributed by atoms with Crippen molar-refractivity contribution in [2.24, 2.45) is 0 Å². The highest BCUT2D eigenvalue weighted by Crippen LogP contribution is 2.35. The molecule has 1 aromatic heterocycles. The van der Waals surface area contributed by atoms with Gasteiger partial charge in [0.05, 0.1) is 12.3 Å². The van der Waals surface area contributed by atoms with Gasteiger partial charge in [-0.05, 0) is 18.6 Å². The second-order valence-corrected chi connectivity index (χ2v) is 9.51. The molecule has 6 rings (SSSR count). The first-order valence-electron chi connectivity index (χ1n) is 12.0. The maximum atomic E-state index is 14.6. The van der Waals surface area contributed by atoms with Crippen molar-refractivity contribution < 1.29 is 23.5 Å². The number of anilines is 1. The summed E-state index contributed by atoms with van der Waals surface area (Å²) >= 11 is 0. The Morgan fingerprint density at radius 1 is 1.11 bits per heavy atom. The maximum Gasteiger partial charge on any atom is 0.255 e. The van der Waals surface area contributed by atoms with Crippen LogP contribution in [0.5, 0.6) is 0 Å². The second-order valence-electron chi connectivity index (χ2n) is 9.51. The molecule has 2 fully saturated rings. The third-order valence-electron chi connectivity index (χ3n) is 7.31. The number of aromatic nitrogens is 2. The van der Waals surface area contributed by atoms with E-state index >= 15 is 0 Å². The summed E-state index contributed by atoms with van der Waals surface area (Å²) in [6.45, 7) is 6.03. The van der Waals surface area contributed by atoms with E-state index in [0.717, 1.165) is 43.3 Å². The average Bonchev–Trinajstić information content (AvgIpc) is 3.40. The minimum absolute atomic E-state index is 0.187. The highest BCUT2D eigenvalue weighted by atomic mass is 19.1.